The van der Waals surface area contributed by atoms with E-state index < -0.39 is 18.2 Å². The van der Waals surface area contributed by atoms with Gasteiger partial charge in [-0.1, -0.05) is 6.92 Å². The molecule has 0 spiro atoms. The van der Waals surface area contributed by atoms with E-state index in [0.29, 0.717) is 19.6 Å². The zero-order valence-corrected chi connectivity index (χ0v) is 10.7. The Bertz CT molecular complexity index is 210. The summed E-state index contributed by atoms with van der Waals surface area (Å²) in [5.74, 6) is 0. The van der Waals surface area contributed by atoms with E-state index in [1.54, 1.807) is 14.2 Å². The molecule has 0 bridgehead atoms. The molecule has 1 saturated heterocycles. The first kappa shape index (κ1) is 14.9. The zero-order valence-electron chi connectivity index (χ0n) is 10.7. The molecule has 6 heteroatoms. The lowest BCUT2D eigenvalue weighted by Gasteiger charge is -2.25. The van der Waals surface area contributed by atoms with Crippen molar-refractivity contribution in [1.82, 2.24) is 0 Å². The van der Waals surface area contributed by atoms with Crippen molar-refractivity contribution in [3.8, 4) is 0 Å². The predicted octanol–water partition coefficient (Wildman–Crippen LogP) is -0.303. The molecular weight excluding hydrogens is 223 g/mol. The number of methoxy groups -OCH3 is 2. The van der Waals surface area contributed by atoms with Gasteiger partial charge in [-0.15, -0.1) is 0 Å². The summed E-state index contributed by atoms with van der Waals surface area (Å²) in [5.41, 5.74) is 0. The number of hydrogen-bond acceptors (Lipinski definition) is 5. The highest BCUT2D eigenvalue weighted by Crippen LogP contribution is 2.25. The van der Waals surface area contributed by atoms with Gasteiger partial charge in [-0.05, 0) is 6.42 Å². The Hall–Kier alpha value is -0.135. The molecule has 1 aliphatic heterocycles. The fourth-order valence-corrected chi connectivity index (χ4v) is 1.98. The summed E-state index contributed by atoms with van der Waals surface area (Å²) >= 11 is 0. The Kier molecular flexibility index (Phi) is 6.44. The SMILES string of the molecule is [B][C@@H]1O[C@H](CC)C(O)[C@@H]1OC(COC)COC. The van der Waals surface area contributed by atoms with Gasteiger partial charge in [0.15, 0.2) is 0 Å². The minimum atomic E-state index is -0.703. The minimum Gasteiger partial charge on any atom is -0.388 e. The van der Waals surface area contributed by atoms with Gasteiger partial charge in [0, 0.05) is 20.2 Å². The van der Waals surface area contributed by atoms with Crippen LogP contribution in [-0.2, 0) is 18.9 Å². The third kappa shape index (κ3) is 3.93. The fraction of sp³-hybridized carbons (Fsp3) is 1.00. The van der Waals surface area contributed by atoms with E-state index in [1.165, 1.54) is 0 Å². The van der Waals surface area contributed by atoms with Crippen LogP contribution in [0.2, 0.25) is 0 Å². The molecule has 1 unspecified atom stereocenters. The monoisotopic (exact) mass is 244 g/mol. The van der Waals surface area contributed by atoms with Gasteiger partial charge >= 0.3 is 0 Å². The fourth-order valence-electron chi connectivity index (χ4n) is 1.98. The molecule has 0 saturated carbocycles. The van der Waals surface area contributed by atoms with Gasteiger partial charge in [-0.2, -0.15) is 0 Å². The maximum absolute atomic E-state index is 9.99. The highest BCUT2D eigenvalue weighted by Gasteiger charge is 2.41. The normalized spacial score (nSPS) is 33.5. The zero-order chi connectivity index (χ0) is 12.8. The second-order valence-corrected chi connectivity index (χ2v) is 4.17. The Morgan fingerprint density at radius 2 is 1.88 bits per heavy atom. The molecule has 5 nitrogen and oxygen atoms in total. The van der Waals surface area contributed by atoms with E-state index >= 15 is 0 Å². The molecule has 0 amide bonds. The van der Waals surface area contributed by atoms with Gasteiger partial charge < -0.3 is 24.1 Å². The van der Waals surface area contributed by atoms with E-state index in [0.717, 1.165) is 0 Å². The first-order chi connectivity index (χ1) is 8.13. The maximum Gasteiger partial charge on any atom is 0.112 e. The average molecular weight is 244 g/mol. The lowest BCUT2D eigenvalue weighted by molar-refractivity contribution is -0.107. The van der Waals surface area contributed by atoms with Crippen molar-refractivity contribution in [1.29, 1.82) is 0 Å². The van der Waals surface area contributed by atoms with Crippen LogP contribution in [0.4, 0.5) is 0 Å². The molecule has 4 atom stereocenters. The quantitative estimate of drug-likeness (QED) is 0.623. The van der Waals surface area contributed by atoms with Crippen molar-refractivity contribution >= 4 is 7.85 Å². The lowest BCUT2D eigenvalue weighted by Crippen LogP contribution is -2.41. The van der Waals surface area contributed by atoms with Crippen LogP contribution in [-0.4, -0.2) is 70.8 Å². The van der Waals surface area contributed by atoms with Crippen molar-refractivity contribution in [2.45, 2.75) is 43.8 Å². The molecule has 0 aromatic heterocycles. The summed E-state index contributed by atoms with van der Waals surface area (Å²) in [5, 5.41) is 9.99. The Labute approximate surface area is 104 Å². The number of aliphatic hydroxyl groups is 1. The van der Waals surface area contributed by atoms with Gasteiger partial charge in [0.25, 0.3) is 0 Å². The molecule has 0 aromatic carbocycles. The first-order valence-corrected chi connectivity index (χ1v) is 5.86. The van der Waals surface area contributed by atoms with Gasteiger partial charge in [0.1, 0.15) is 26.2 Å². The van der Waals surface area contributed by atoms with Crippen LogP contribution in [0.5, 0.6) is 0 Å². The smallest absolute Gasteiger partial charge is 0.112 e. The van der Waals surface area contributed by atoms with Crippen LogP contribution in [0, 0.1) is 0 Å². The average Bonchev–Trinajstić information content (AvgIpc) is 2.57. The van der Waals surface area contributed by atoms with E-state index in [1.807, 2.05) is 6.92 Å². The molecule has 98 valence electrons. The number of aliphatic hydroxyl groups excluding tert-OH is 1. The summed E-state index contributed by atoms with van der Waals surface area (Å²) in [6, 6.07) is -0.605. The van der Waals surface area contributed by atoms with Gasteiger partial charge in [0.2, 0.25) is 0 Å². The third-order valence-electron chi connectivity index (χ3n) is 2.83. The Morgan fingerprint density at radius 3 is 2.29 bits per heavy atom. The molecule has 1 rings (SSSR count). The highest BCUT2D eigenvalue weighted by molar-refractivity contribution is 6.11. The van der Waals surface area contributed by atoms with Crippen LogP contribution in [0.15, 0.2) is 0 Å². The number of rotatable bonds is 7. The van der Waals surface area contributed by atoms with Crippen molar-refractivity contribution in [3.63, 3.8) is 0 Å². The van der Waals surface area contributed by atoms with Crippen LogP contribution in [0.25, 0.3) is 0 Å². The molecule has 1 aliphatic rings. The molecule has 2 radical (unpaired) electrons. The number of ether oxygens (including phenoxy) is 4. The van der Waals surface area contributed by atoms with Gasteiger partial charge in [0.05, 0.1) is 19.3 Å². The lowest BCUT2D eigenvalue weighted by atomic mass is 9.92. The van der Waals surface area contributed by atoms with Crippen molar-refractivity contribution in [2.75, 3.05) is 27.4 Å². The molecular formula is C11H21BO5. The summed E-state index contributed by atoms with van der Waals surface area (Å²) in [6.07, 6.45) is -1.05. The summed E-state index contributed by atoms with van der Waals surface area (Å²) in [4.78, 5) is 0. The summed E-state index contributed by atoms with van der Waals surface area (Å²) in [7, 11) is 8.96. The number of hydrogen-bond donors (Lipinski definition) is 1. The van der Waals surface area contributed by atoms with Crippen molar-refractivity contribution in [2.24, 2.45) is 0 Å². The highest BCUT2D eigenvalue weighted by atomic mass is 16.6. The predicted molar refractivity (Wildman–Crippen MR) is 63.1 cm³/mol. The Balaban J connectivity index is 2.53. The van der Waals surface area contributed by atoms with Crippen LogP contribution in [0.1, 0.15) is 13.3 Å². The van der Waals surface area contributed by atoms with Crippen molar-refractivity contribution in [3.05, 3.63) is 0 Å². The molecule has 1 N–H and O–H groups in total. The molecule has 0 aliphatic carbocycles. The van der Waals surface area contributed by atoms with Crippen LogP contribution >= 0.6 is 0 Å². The first-order valence-electron chi connectivity index (χ1n) is 5.86. The standard InChI is InChI=1S/C11H21BO5/c1-4-8-9(13)10(11(12)17-8)16-7(5-14-2)6-15-3/h7-11,13H,4-6H2,1-3H3/t8-,9?,10+,11-/m1/s1. The van der Waals surface area contributed by atoms with Gasteiger partial charge in [-0.3, -0.25) is 0 Å². The van der Waals surface area contributed by atoms with E-state index in [2.05, 4.69) is 0 Å². The maximum atomic E-state index is 9.99. The van der Waals surface area contributed by atoms with E-state index in [4.69, 9.17) is 26.8 Å². The van der Waals surface area contributed by atoms with E-state index in [-0.39, 0.29) is 12.2 Å². The summed E-state index contributed by atoms with van der Waals surface area (Å²) < 4.78 is 21.2. The Morgan fingerprint density at radius 1 is 1.29 bits per heavy atom. The molecule has 1 fully saturated rings. The third-order valence-corrected chi connectivity index (χ3v) is 2.83. The topological polar surface area (TPSA) is 57.2 Å². The van der Waals surface area contributed by atoms with E-state index in [9.17, 15) is 5.11 Å². The molecule has 0 aromatic rings. The molecule has 17 heavy (non-hydrogen) atoms. The second kappa shape index (κ2) is 7.33. The van der Waals surface area contributed by atoms with Crippen LogP contribution < -0.4 is 0 Å². The van der Waals surface area contributed by atoms with Gasteiger partial charge in [-0.25, -0.2) is 0 Å². The second-order valence-electron chi connectivity index (χ2n) is 4.17. The summed E-state index contributed by atoms with van der Waals surface area (Å²) in [6.45, 7) is 2.71. The molecule has 1 heterocycles. The largest absolute Gasteiger partial charge is 0.388 e. The van der Waals surface area contributed by atoms with Crippen LogP contribution in [0.3, 0.4) is 0 Å². The minimum absolute atomic E-state index is 0.255. The van der Waals surface area contributed by atoms with Crippen molar-refractivity contribution < 1.29 is 24.1 Å².